The number of amidine groups is 1. The van der Waals surface area contributed by atoms with Crippen molar-refractivity contribution in [2.75, 3.05) is 10.5 Å². The van der Waals surface area contributed by atoms with Crippen molar-refractivity contribution in [3.63, 3.8) is 0 Å². The summed E-state index contributed by atoms with van der Waals surface area (Å²) >= 11 is 0. The quantitative estimate of drug-likeness (QED) is 0.572. The van der Waals surface area contributed by atoms with Crippen molar-refractivity contribution >= 4 is 21.5 Å². The predicted molar refractivity (Wildman–Crippen MR) is 72.6 cm³/mol. The number of anilines is 1. The minimum atomic E-state index is -4.72. The Kier molecular flexibility index (Phi) is 3.87. The summed E-state index contributed by atoms with van der Waals surface area (Å²) in [6.07, 6.45) is -3.09. The van der Waals surface area contributed by atoms with E-state index >= 15 is 0 Å². The van der Waals surface area contributed by atoms with Crippen molar-refractivity contribution in [2.24, 2.45) is 11.7 Å². The highest BCUT2D eigenvalue weighted by Crippen LogP contribution is 2.34. The third-order valence-corrected chi connectivity index (χ3v) is 4.50. The summed E-state index contributed by atoms with van der Waals surface area (Å²) in [4.78, 5) is 0. The van der Waals surface area contributed by atoms with E-state index < -0.39 is 33.2 Å². The van der Waals surface area contributed by atoms with Crippen molar-refractivity contribution < 1.29 is 21.6 Å². The minimum absolute atomic E-state index is 0.0843. The number of benzene rings is 1. The number of nitrogens with one attached hydrogen (secondary N) is 2. The topological polar surface area (TPSA) is 96.0 Å². The minimum Gasteiger partial charge on any atom is -0.384 e. The van der Waals surface area contributed by atoms with E-state index in [0.29, 0.717) is 6.07 Å². The fraction of sp³-hybridized carbons (Fsp3) is 0.417. The van der Waals surface area contributed by atoms with Gasteiger partial charge in [0.15, 0.2) is 0 Å². The molecule has 1 saturated carbocycles. The maximum atomic E-state index is 12.9. The van der Waals surface area contributed by atoms with Crippen LogP contribution in [0.2, 0.25) is 0 Å². The Morgan fingerprint density at radius 3 is 2.48 bits per heavy atom. The van der Waals surface area contributed by atoms with Gasteiger partial charge in [0, 0.05) is 11.3 Å². The summed E-state index contributed by atoms with van der Waals surface area (Å²) in [6.45, 7) is 0. The molecule has 0 unspecified atom stereocenters. The third kappa shape index (κ3) is 4.10. The molecule has 116 valence electrons. The zero-order valence-corrected chi connectivity index (χ0v) is 11.7. The van der Waals surface area contributed by atoms with Crippen molar-refractivity contribution in [1.29, 1.82) is 5.41 Å². The number of halogens is 3. The molecule has 0 aromatic heterocycles. The Labute approximate surface area is 119 Å². The Hall–Kier alpha value is -1.77. The highest BCUT2D eigenvalue weighted by atomic mass is 32.2. The van der Waals surface area contributed by atoms with Gasteiger partial charge in [0.25, 0.3) is 0 Å². The summed E-state index contributed by atoms with van der Waals surface area (Å²) in [5.74, 6) is -0.737. The fourth-order valence-corrected chi connectivity index (χ4v) is 3.42. The second kappa shape index (κ2) is 5.21. The highest BCUT2D eigenvalue weighted by Gasteiger charge is 2.35. The number of rotatable bonds is 5. The average Bonchev–Trinajstić information content (AvgIpc) is 3.09. The van der Waals surface area contributed by atoms with Crippen LogP contribution in [0.15, 0.2) is 18.2 Å². The molecule has 9 heteroatoms. The van der Waals surface area contributed by atoms with Gasteiger partial charge in [-0.2, -0.15) is 13.2 Å². The lowest BCUT2D eigenvalue weighted by atomic mass is 10.1. The van der Waals surface area contributed by atoms with Crippen LogP contribution in [-0.4, -0.2) is 20.0 Å². The van der Waals surface area contributed by atoms with Crippen LogP contribution in [0, 0.1) is 11.3 Å². The van der Waals surface area contributed by atoms with E-state index in [0.717, 1.165) is 25.0 Å². The number of nitrogens with two attached hydrogens (primary N) is 1. The Bertz CT molecular complexity index is 667. The molecule has 0 aliphatic heterocycles. The summed E-state index contributed by atoms with van der Waals surface area (Å²) < 4.78 is 64.4. The Morgan fingerprint density at radius 1 is 1.38 bits per heavy atom. The maximum absolute atomic E-state index is 12.9. The van der Waals surface area contributed by atoms with Crippen LogP contribution in [0.1, 0.15) is 24.0 Å². The van der Waals surface area contributed by atoms with E-state index in [1.807, 2.05) is 0 Å². The van der Waals surface area contributed by atoms with Gasteiger partial charge in [-0.15, -0.1) is 0 Å². The van der Waals surface area contributed by atoms with Crippen LogP contribution < -0.4 is 10.5 Å². The molecule has 5 nitrogen and oxygen atoms in total. The zero-order chi connectivity index (χ0) is 15.8. The van der Waals surface area contributed by atoms with Crippen molar-refractivity contribution in [1.82, 2.24) is 0 Å². The molecule has 0 heterocycles. The smallest absolute Gasteiger partial charge is 0.384 e. The van der Waals surface area contributed by atoms with E-state index in [4.69, 9.17) is 11.1 Å². The number of hydrogen-bond donors (Lipinski definition) is 3. The predicted octanol–water partition coefficient (Wildman–Crippen LogP) is 2.14. The molecular formula is C12H14F3N3O2S. The first-order valence-electron chi connectivity index (χ1n) is 6.14. The number of hydrogen-bond acceptors (Lipinski definition) is 3. The van der Waals surface area contributed by atoms with Gasteiger partial charge in [-0.25, -0.2) is 8.42 Å². The molecule has 0 amide bonds. The van der Waals surface area contributed by atoms with E-state index in [-0.39, 0.29) is 17.4 Å². The van der Waals surface area contributed by atoms with Gasteiger partial charge in [0.2, 0.25) is 10.0 Å². The first-order chi connectivity index (χ1) is 9.58. The van der Waals surface area contributed by atoms with Crippen LogP contribution in [0.4, 0.5) is 18.9 Å². The molecule has 1 aliphatic rings. The molecule has 1 aliphatic carbocycles. The van der Waals surface area contributed by atoms with Crippen LogP contribution in [0.3, 0.4) is 0 Å². The number of alkyl halides is 3. The fourth-order valence-electron chi connectivity index (χ4n) is 1.89. The van der Waals surface area contributed by atoms with Gasteiger partial charge in [0.05, 0.1) is 11.3 Å². The zero-order valence-electron chi connectivity index (χ0n) is 10.9. The SMILES string of the molecule is N=C(N)c1ccc(NS(=O)(=O)CC2CC2)cc1C(F)(F)F. The molecular weight excluding hydrogens is 307 g/mol. The maximum Gasteiger partial charge on any atom is 0.417 e. The molecule has 1 fully saturated rings. The summed E-state index contributed by atoms with van der Waals surface area (Å²) in [5, 5.41) is 7.15. The normalized spacial score (nSPS) is 15.8. The van der Waals surface area contributed by atoms with Gasteiger partial charge in [-0.3, -0.25) is 10.1 Å². The lowest BCUT2D eigenvalue weighted by Crippen LogP contribution is -2.21. The van der Waals surface area contributed by atoms with Crippen LogP contribution in [0.25, 0.3) is 0 Å². The van der Waals surface area contributed by atoms with E-state index in [9.17, 15) is 21.6 Å². The molecule has 0 saturated heterocycles. The van der Waals surface area contributed by atoms with Crippen LogP contribution in [0.5, 0.6) is 0 Å². The molecule has 4 N–H and O–H groups in total. The van der Waals surface area contributed by atoms with Crippen LogP contribution in [-0.2, 0) is 16.2 Å². The molecule has 0 bridgehead atoms. The standard InChI is InChI=1S/C12H14F3N3O2S/c13-12(14,15)10-5-8(3-4-9(10)11(16)17)18-21(19,20)6-7-1-2-7/h3-5,7,18H,1-2,6H2,(H3,16,17). The summed E-state index contributed by atoms with van der Waals surface area (Å²) in [6, 6.07) is 2.80. The second-order valence-corrected chi connectivity index (χ2v) is 6.77. The summed E-state index contributed by atoms with van der Waals surface area (Å²) in [7, 11) is -3.67. The second-order valence-electron chi connectivity index (χ2n) is 5.00. The largest absolute Gasteiger partial charge is 0.417 e. The Balaban J connectivity index is 2.31. The van der Waals surface area contributed by atoms with Gasteiger partial charge in [-0.1, -0.05) is 0 Å². The molecule has 0 radical (unpaired) electrons. The van der Waals surface area contributed by atoms with E-state index in [1.54, 1.807) is 0 Å². The summed E-state index contributed by atoms with van der Waals surface area (Å²) in [5.41, 5.74) is 3.30. The van der Waals surface area contributed by atoms with Gasteiger partial charge >= 0.3 is 6.18 Å². The number of sulfonamides is 1. The molecule has 2 rings (SSSR count). The first-order valence-corrected chi connectivity index (χ1v) is 7.80. The van der Waals surface area contributed by atoms with Gasteiger partial charge in [0.1, 0.15) is 5.84 Å². The first kappa shape index (κ1) is 15.6. The monoisotopic (exact) mass is 321 g/mol. The van der Waals surface area contributed by atoms with Gasteiger partial charge < -0.3 is 5.73 Å². The van der Waals surface area contributed by atoms with Crippen molar-refractivity contribution in [3.05, 3.63) is 29.3 Å². The van der Waals surface area contributed by atoms with E-state index in [1.165, 1.54) is 0 Å². The molecule has 0 atom stereocenters. The molecule has 1 aromatic rings. The molecule has 1 aromatic carbocycles. The average molecular weight is 321 g/mol. The van der Waals surface area contributed by atoms with Crippen molar-refractivity contribution in [3.8, 4) is 0 Å². The lowest BCUT2D eigenvalue weighted by molar-refractivity contribution is -0.137. The molecule has 21 heavy (non-hydrogen) atoms. The lowest BCUT2D eigenvalue weighted by Gasteiger charge is -2.14. The molecule has 0 spiro atoms. The van der Waals surface area contributed by atoms with E-state index in [2.05, 4.69) is 4.72 Å². The number of nitrogen functional groups attached to an aromatic ring is 1. The highest BCUT2D eigenvalue weighted by molar-refractivity contribution is 7.92. The van der Waals surface area contributed by atoms with Crippen LogP contribution >= 0.6 is 0 Å². The van der Waals surface area contributed by atoms with Gasteiger partial charge in [-0.05, 0) is 37.0 Å². The Morgan fingerprint density at radius 2 is 2.00 bits per heavy atom. The third-order valence-electron chi connectivity index (χ3n) is 3.04. The van der Waals surface area contributed by atoms with Crippen molar-refractivity contribution in [2.45, 2.75) is 19.0 Å².